The quantitative estimate of drug-likeness (QED) is 0.785. The number of carboxylic acid groups (broad SMARTS) is 1. The monoisotopic (exact) mass is 284 g/mol. The second-order valence-corrected chi connectivity index (χ2v) is 4.91. The summed E-state index contributed by atoms with van der Waals surface area (Å²) in [5, 5.41) is 11.3. The molecular formula is C13H14F2N2O3. The number of anilines is 1. The Balaban J connectivity index is 2.31. The molecule has 0 atom stereocenters. The van der Waals surface area contributed by atoms with Gasteiger partial charge in [-0.3, -0.25) is 4.79 Å². The predicted molar refractivity (Wildman–Crippen MR) is 67.3 cm³/mol. The van der Waals surface area contributed by atoms with Gasteiger partial charge in [0.05, 0.1) is 16.7 Å². The van der Waals surface area contributed by atoms with Gasteiger partial charge in [0.2, 0.25) is 5.91 Å². The van der Waals surface area contributed by atoms with Crippen LogP contribution in [0.4, 0.5) is 14.5 Å². The lowest BCUT2D eigenvalue weighted by molar-refractivity contribution is -0.129. The van der Waals surface area contributed by atoms with E-state index in [0.717, 1.165) is 6.42 Å². The molecule has 1 amide bonds. The molecule has 1 aromatic rings. The van der Waals surface area contributed by atoms with E-state index in [4.69, 9.17) is 10.8 Å². The minimum absolute atomic E-state index is 0.130. The molecule has 2 rings (SSSR count). The largest absolute Gasteiger partial charge is 0.478 e. The van der Waals surface area contributed by atoms with E-state index in [2.05, 4.69) is 5.32 Å². The van der Waals surface area contributed by atoms with Crippen molar-refractivity contribution in [2.45, 2.75) is 19.3 Å². The standard InChI is InChI=1S/C13H14F2N2O3/c14-8-4-7(11(18)19)10(5-9(8)15)17-12(20)13(6-16)2-1-3-13/h4-5H,1-3,6,16H2,(H,17,20)(H,18,19). The third kappa shape index (κ3) is 2.36. The molecule has 0 unspecified atom stereocenters. The summed E-state index contributed by atoms with van der Waals surface area (Å²) in [7, 11) is 0. The molecule has 5 nitrogen and oxygen atoms in total. The molecule has 1 aromatic carbocycles. The topological polar surface area (TPSA) is 92.4 Å². The van der Waals surface area contributed by atoms with Crippen molar-refractivity contribution in [1.82, 2.24) is 0 Å². The summed E-state index contributed by atoms with van der Waals surface area (Å²) in [5.41, 5.74) is 4.07. The maximum Gasteiger partial charge on any atom is 0.337 e. The number of carbonyl (C=O) groups excluding carboxylic acids is 1. The van der Waals surface area contributed by atoms with Gasteiger partial charge >= 0.3 is 5.97 Å². The van der Waals surface area contributed by atoms with Crippen molar-refractivity contribution < 1.29 is 23.5 Å². The predicted octanol–water partition coefficient (Wildman–Crippen LogP) is 1.73. The molecule has 0 spiro atoms. The van der Waals surface area contributed by atoms with Crippen molar-refractivity contribution in [3.05, 3.63) is 29.3 Å². The molecule has 7 heteroatoms. The summed E-state index contributed by atoms with van der Waals surface area (Å²) in [5.74, 6) is -4.41. The molecule has 20 heavy (non-hydrogen) atoms. The minimum Gasteiger partial charge on any atom is -0.478 e. The fourth-order valence-corrected chi connectivity index (χ4v) is 2.21. The van der Waals surface area contributed by atoms with Crippen LogP contribution in [0.25, 0.3) is 0 Å². The third-order valence-corrected chi connectivity index (χ3v) is 3.72. The first-order chi connectivity index (χ1) is 9.39. The van der Waals surface area contributed by atoms with Crippen molar-refractivity contribution in [2.75, 3.05) is 11.9 Å². The van der Waals surface area contributed by atoms with Gasteiger partial charge in [-0.25, -0.2) is 13.6 Å². The Bertz CT molecular complexity index is 565. The first-order valence-corrected chi connectivity index (χ1v) is 6.13. The Kier molecular flexibility index (Phi) is 3.71. The minimum atomic E-state index is -1.45. The summed E-state index contributed by atoms with van der Waals surface area (Å²) in [4.78, 5) is 23.1. The highest BCUT2D eigenvalue weighted by molar-refractivity contribution is 6.02. The SMILES string of the molecule is NCC1(C(=O)Nc2cc(F)c(F)cc2C(=O)O)CCC1. The zero-order valence-corrected chi connectivity index (χ0v) is 10.6. The Labute approximate surface area is 113 Å². The normalized spacial score (nSPS) is 16.4. The van der Waals surface area contributed by atoms with E-state index >= 15 is 0 Å². The highest BCUT2D eigenvalue weighted by atomic mass is 19.2. The van der Waals surface area contributed by atoms with Crippen molar-refractivity contribution >= 4 is 17.6 Å². The zero-order valence-electron chi connectivity index (χ0n) is 10.6. The Morgan fingerprint density at radius 2 is 1.90 bits per heavy atom. The molecule has 0 aliphatic heterocycles. The molecule has 0 bridgehead atoms. The number of benzene rings is 1. The lowest BCUT2D eigenvalue weighted by Gasteiger charge is -2.39. The lowest BCUT2D eigenvalue weighted by Crippen LogP contribution is -2.47. The van der Waals surface area contributed by atoms with Crippen LogP contribution in [-0.2, 0) is 4.79 Å². The number of halogens is 2. The van der Waals surface area contributed by atoms with Crippen molar-refractivity contribution in [3.8, 4) is 0 Å². The van der Waals surface area contributed by atoms with Crippen LogP contribution in [0.15, 0.2) is 12.1 Å². The molecule has 4 N–H and O–H groups in total. The number of nitrogens with one attached hydrogen (secondary N) is 1. The Hall–Kier alpha value is -2.02. The van der Waals surface area contributed by atoms with Crippen LogP contribution >= 0.6 is 0 Å². The Morgan fingerprint density at radius 3 is 2.35 bits per heavy atom. The van der Waals surface area contributed by atoms with Crippen molar-refractivity contribution in [1.29, 1.82) is 0 Å². The molecule has 1 aliphatic carbocycles. The van der Waals surface area contributed by atoms with Gasteiger partial charge in [0.25, 0.3) is 0 Å². The van der Waals surface area contributed by atoms with Gasteiger partial charge in [0.1, 0.15) is 0 Å². The first-order valence-electron chi connectivity index (χ1n) is 6.13. The number of nitrogens with two attached hydrogens (primary N) is 1. The molecule has 0 aromatic heterocycles. The molecule has 0 heterocycles. The summed E-state index contributed by atoms with van der Waals surface area (Å²) in [6, 6.07) is 1.21. The van der Waals surface area contributed by atoms with Crippen LogP contribution < -0.4 is 11.1 Å². The van der Waals surface area contributed by atoms with Crippen molar-refractivity contribution in [3.63, 3.8) is 0 Å². The third-order valence-electron chi connectivity index (χ3n) is 3.72. The average molecular weight is 284 g/mol. The van der Waals surface area contributed by atoms with Crippen LogP contribution in [0.2, 0.25) is 0 Å². The number of rotatable bonds is 4. The fraction of sp³-hybridized carbons (Fsp3) is 0.385. The average Bonchev–Trinajstić information content (AvgIpc) is 2.32. The van der Waals surface area contributed by atoms with Crippen molar-refractivity contribution in [2.24, 2.45) is 11.1 Å². The summed E-state index contributed by atoms with van der Waals surface area (Å²) < 4.78 is 26.3. The highest BCUT2D eigenvalue weighted by Crippen LogP contribution is 2.41. The van der Waals surface area contributed by atoms with Gasteiger partial charge < -0.3 is 16.2 Å². The van der Waals surface area contributed by atoms with Crippen LogP contribution in [0.3, 0.4) is 0 Å². The maximum atomic E-state index is 13.2. The van der Waals surface area contributed by atoms with E-state index in [1.807, 2.05) is 0 Å². The van der Waals surface area contributed by atoms with Gasteiger partial charge in [0, 0.05) is 12.6 Å². The Morgan fingerprint density at radius 1 is 1.30 bits per heavy atom. The number of carboxylic acids is 1. The lowest BCUT2D eigenvalue weighted by atomic mass is 9.68. The summed E-state index contributed by atoms with van der Waals surface area (Å²) in [6.07, 6.45) is 2.05. The number of hydrogen-bond donors (Lipinski definition) is 3. The molecule has 0 radical (unpaired) electrons. The van der Waals surface area contributed by atoms with Gasteiger partial charge in [-0.05, 0) is 18.9 Å². The van der Waals surface area contributed by atoms with Gasteiger partial charge in [-0.2, -0.15) is 0 Å². The molecule has 1 fully saturated rings. The smallest absolute Gasteiger partial charge is 0.337 e. The first kappa shape index (κ1) is 14.4. The molecule has 1 saturated carbocycles. The molecular weight excluding hydrogens is 270 g/mol. The van der Waals surface area contributed by atoms with E-state index < -0.39 is 34.5 Å². The maximum absolute atomic E-state index is 13.2. The van der Waals surface area contributed by atoms with Crippen LogP contribution in [-0.4, -0.2) is 23.5 Å². The van der Waals surface area contributed by atoms with Gasteiger partial charge in [0.15, 0.2) is 11.6 Å². The number of carbonyl (C=O) groups is 2. The second kappa shape index (κ2) is 5.16. The van der Waals surface area contributed by atoms with Crippen LogP contribution in [0, 0.1) is 17.0 Å². The zero-order chi connectivity index (χ0) is 14.9. The number of hydrogen-bond acceptors (Lipinski definition) is 3. The van der Waals surface area contributed by atoms with E-state index in [-0.39, 0.29) is 12.2 Å². The highest BCUT2D eigenvalue weighted by Gasteiger charge is 2.43. The van der Waals surface area contributed by atoms with Gasteiger partial charge in [-0.1, -0.05) is 6.42 Å². The molecule has 1 aliphatic rings. The van der Waals surface area contributed by atoms with E-state index in [1.54, 1.807) is 0 Å². The van der Waals surface area contributed by atoms with E-state index in [1.165, 1.54) is 0 Å². The van der Waals surface area contributed by atoms with Crippen LogP contribution in [0.1, 0.15) is 29.6 Å². The second-order valence-electron chi connectivity index (χ2n) is 4.91. The molecule has 108 valence electrons. The van der Waals surface area contributed by atoms with Gasteiger partial charge in [-0.15, -0.1) is 0 Å². The summed E-state index contributed by atoms with van der Waals surface area (Å²) in [6.45, 7) is 0.130. The fourth-order valence-electron chi connectivity index (χ4n) is 2.21. The molecule has 0 saturated heterocycles. The number of aromatic carboxylic acids is 1. The summed E-state index contributed by atoms with van der Waals surface area (Å²) >= 11 is 0. The van der Waals surface area contributed by atoms with Crippen LogP contribution in [0.5, 0.6) is 0 Å². The number of amides is 1. The van der Waals surface area contributed by atoms with E-state index in [0.29, 0.717) is 25.0 Å². The van der Waals surface area contributed by atoms with E-state index in [9.17, 15) is 18.4 Å².